The van der Waals surface area contributed by atoms with Gasteiger partial charge in [0.1, 0.15) is 5.15 Å². The van der Waals surface area contributed by atoms with Gasteiger partial charge in [0, 0.05) is 13.2 Å². The van der Waals surface area contributed by atoms with Crippen LogP contribution in [0.2, 0.25) is 5.15 Å². The fraction of sp³-hybridized carbons (Fsp3) is 0.368. The largest absolute Gasteiger partial charge is 0.353 e. The van der Waals surface area contributed by atoms with Crippen molar-refractivity contribution in [3.05, 3.63) is 46.7 Å². The Morgan fingerprint density at radius 1 is 1.28 bits per heavy atom. The Kier molecular flexibility index (Phi) is 7.45. The zero-order valence-corrected chi connectivity index (χ0v) is 18.6. The van der Waals surface area contributed by atoms with Gasteiger partial charge in [0.25, 0.3) is 5.91 Å². The minimum atomic E-state index is -3.50. The number of carbonyl (C=O) groups is 1. The predicted molar refractivity (Wildman–Crippen MR) is 115 cm³/mol. The number of benzene rings is 1. The Bertz CT molecular complexity index is 996. The van der Waals surface area contributed by atoms with Crippen LogP contribution in [0.3, 0.4) is 0 Å². The van der Waals surface area contributed by atoms with Gasteiger partial charge in [-0.15, -0.1) is 0 Å². The van der Waals surface area contributed by atoms with E-state index in [4.69, 9.17) is 16.4 Å². The Balaban J connectivity index is 2.54. The van der Waals surface area contributed by atoms with Crippen molar-refractivity contribution in [3.63, 3.8) is 0 Å². The second-order valence-electron chi connectivity index (χ2n) is 6.70. The number of halogens is 1. The topological polar surface area (TPSA) is 101 Å². The van der Waals surface area contributed by atoms with Crippen LogP contribution in [0.15, 0.2) is 30.5 Å². The van der Waals surface area contributed by atoms with Crippen molar-refractivity contribution in [1.29, 1.82) is 0 Å². The highest BCUT2D eigenvalue weighted by Gasteiger charge is 2.20. The minimum absolute atomic E-state index is 0.178. The van der Waals surface area contributed by atoms with Gasteiger partial charge < -0.3 is 5.32 Å². The van der Waals surface area contributed by atoms with E-state index in [0.29, 0.717) is 23.7 Å². The first-order valence-electron chi connectivity index (χ1n) is 8.97. The van der Waals surface area contributed by atoms with E-state index in [-0.39, 0.29) is 16.6 Å². The SMILES string of the molecule is CCONC(=O)c1cnc(Cl)cc1Nc1ccc(C(C)C)cc1N(C)S(C)(=O)=O. The first-order valence-corrected chi connectivity index (χ1v) is 11.2. The molecule has 0 aliphatic carbocycles. The van der Waals surface area contributed by atoms with E-state index in [0.717, 1.165) is 11.8 Å². The highest BCUT2D eigenvalue weighted by molar-refractivity contribution is 7.92. The molecule has 0 saturated carbocycles. The van der Waals surface area contributed by atoms with E-state index in [2.05, 4.69) is 15.8 Å². The van der Waals surface area contributed by atoms with Crippen molar-refractivity contribution in [3.8, 4) is 0 Å². The molecule has 0 radical (unpaired) electrons. The van der Waals surface area contributed by atoms with E-state index in [1.807, 2.05) is 19.9 Å². The van der Waals surface area contributed by atoms with Crippen LogP contribution in [0.1, 0.15) is 42.6 Å². The van der Waals surface area contributed by atoms with Crippen LogP contribution in [0.25, 0.3) is 0 Å². The maximum atomic E-state index is 12.4. The second kappa shape index (κ2) is 9.43. The minimum Gasteiger partial charge on any atom is -0.353 e. The Labute approximate surface area is 176 Å². The molecule has 1 aromatic carbocycles. The van der Waals surface area contributed by atoms with Crippen LogP contribution in [0.4, 0.5) is 17.1 Å². The summed E-state index contributed by atoms with van der Waals surface area (Å²) in [6.45, 7) is 6.08. The summed E-state index contributed by atoms with van der Waals surface area (Å²) in [4.78, 5) is 21.3. The molecule has 0 fully saturated rings. The summed E-state index contributed by atoms with van der Waals surface area (Å²) in [5.41, 5.74) is 4.79. The number of hydrogen-bond acceptors (Lipinski definition) is 6. The summed E-state index contributed by atoms with van der Waals surface area (Å²) >= 11 is 6.01. The normalized spacial score (nSPS) is 11.4. The van der Waals surface area contributed by atoms with Crippen LogP contribution >= 0.6 is 11.6 Å². The lowest BCUT2D eigenvalue weighted by Gasteiger charge is -2.23. The third-order valence-corrected chi connectivity index (χ3v) is 5.62. The number of pyridine rings is 1. The number of hydroxylamine groups is 1. The third-order valence-electron chi connectivity index (χ3n) is 4.22. The quantitative estimate of drug-likeness (QED) is 0.479. The lowest BCUT2D eigenvalue weighted by atomic mass is 10.0. The summed E-state index contributed by atoms with van der Waals surface area (Å²) in [5.74, 6) is -0.297. The third kappa shape index (κ3) is 5.81. The number of nitrogens with one attached hydrogen (secondary N) is 2. The highest BCUT2D eigenvalue weighted by atomic mass is 35.5. The molecule has 2 aromatic rings. The van der Waals surface area contributed by atoms with E-state index in [1.165, 1.54) is 23.6 Å². The van der Waals surface area contributed by atoms with E-state index < -0.39 is 15.9 Å². The molecule has 0 aliphatic heterocycles. The van der Waals surface area contributed by atoms with Crippen molar-refractivity contribution in [1.82, 2.24) is 10.5 Å². The number of rotatable bonds is 8. The lowest BCUT2D eigenvalue weighted by molar-refractivity contribution is 0.0365. The molecule has 0 bridgehead atoms. The van der Waals surface area contributed by atoms with E-state index in [1.54, 1.807) is 19.1 Å². The maximum Gasteiger partial charge on any atom is 0.278 e. The molecule has 1 amide bonds. The number of anilines is 3. The zero-order valence-electron chi connectivity index (χ0n) is 17.0. The maximum absolute atomic E-state index is 12.4. The zero-order chi connectivity index (χ0) is 21.8. The molecule has 0 atom stereocenters. The second-order valence-corrected chi connectivity index (χ2v) is 9.10. The van der Waals surface area contributed by atoms with Crippen LogP contribution in [0, 0.1) is 0 Å². The van der Waals surface area contributed by atoms with Gasteiger partial charge in [0.05, 0.1) is 35.5 Å². The Hall–Kier alpha value is -2.36. The van der Waals surface area contributed by atoms with Gasteiger partial charge in [-0.2, -0.15) is 0 Å². The van der Waals surface area contributed by atoms with Gasteiger partial charge in [-0.25, -0.2) is 18.9 Å². The number of sulfonamides is 1. The average Bonchev–Trinajstić information content (AvgIpc) is 2.65. The molecule has 8 nitrogen and oxygen atoms in total. The number of amides is 1. The molecule has 10 heteroatoms. The van der Waals surface area contributed by atoms with Crippen LogP contribution in [-0.2, 0) is 14.9 Å². The molecule has 158 valence electrons. The van der Waals surface area contributed by atoms with Gasteiger partial charge in [-0.05, 0) is 36.6 Å². The first kappa shape index (κ1) is 22.9. The highest BCUT2D eigenvalue weighted by Crippen LogP contribution is 2.34. The van der Waals surface area contributed by atoms with Crippen molar-refractivity contribution in [2.75, 3.05) is 29.5 Å². The monoisotopic (exact) mass is 440 g/mol. The summed E-state index contributed by atoms with van der Waals surface area (Å²) in [6.07, 6.45) is 2.45. The van der Waals surface area contributed by atoms with Crippen molar-refractivity contribution >= 4 is 44.6 Å². The summed E-state index contributed by atoms with van der Waals surface area (Å²) in [6, 6.07) is 6.96. The summed E-state index contributed by atoms with van der Waals surface area (Å²) in [7, 11) is -2.03. The Morgan fingerprint density at radius 3 is 2.55 bits per heavy atom. The molecule has 1 heterocycles. The van der Waals surface area contributed by atoms with Crippen LogP contribution in [-0.4, -0.2) is 39.2 Å². The summed E-state index contributed by atoms with van der Waals surface area (Å²) < 4.78 is 25.5. The van der Waals surface area contributed by atoms with Gasteiger partial charge in [-0.3, -0.25) is 13.9 Å². The fourth-order valence-electron chi connectivity index (χ4n) is 2.50. The molecule has 2 N–H and O–H groups in total. The average molecular weight is 441 g/mol. The summed E-state index contributed by atoms with van der Waals surface area (Å²) in [5, 5.41) is 3.29. The van der Waals surface area contributed by atoms with Crippen molar-refractivity contribution < 1.29 is 18.0 Å². The van der Waals surface area contributed by atoms with Crippen molar-refractivity contribution in [2.24, 2.45) is 0 Å². The van der Waals surface area contributed by atoms with Crippen LogP contribution < -0.4 is 15.1 Å². The van der Waals surface area contributed by atoms with E-state index in [9.17, 15) is 13.2 Å². The number of nitrogens with zero attached hydrogens (tertiary/aromatic N) is 2. The van der Waals surface area contributed by atoms with Gasteiger partial charge in [0.15, 0.2) is 0 Å². The van der Waals surface area contributed by atoms with Crippen LogP contribution in [0.5, 0.6) is 0 Å². The number of aromatic nitrogens is 1. The number of hydrogen-bond donors (Lipinski definition) is 2. The predicted octanol–water partition coefficient (Wildman–Crippen LogP) is 3.68. The van der Waals surface area contributed by atoms with Gasteiger partial charge in [0.2, 0.25) is 10.0 Å². The standard InChI is InChI=1S/C19H25ClN4O4S/c1-6-28-23-19(25)14-11-21-18(20)10-16(14)22-15-8-7-13(12(2)3)9-17(15)24(4)29(5,26)27/h7-12H,6H2,1-5H3,(H,21,22)(H,23,25). The Morgan fingerprint density at radius 2 is 1.97 bits per heavy atom. The van der Waals surface area contributed by atoms with Gasteiger partial charge in [-0.1, -0.05) is 31.5 Å². The molecule has 0 saturated heterocycles. The number of carbonyl (C=O) groups excluding carboxylic acids is 1. The molecule has 2 rings (SSSR count). The van der Waals surface area contributed by atoms with E-state index >= 15 is 0 Å². The first-order chi connectivity index (χ1) is 13.5. The molecular weight excluding hydrogens is 416 g/mol. The smallest absolute Gasteiger partial charge is 0.278 e. The lowest BCUT2D eigenvalue weighted by Crippen LogP contribution is -2.26. The molecule has 0 unspecified atom stereocenters. The molecule has 29 heavy (non-hydrogen) atoms. The molecule has 1 aromatic heterocycles. The van der Waals surface area contributed by atoms with Gasteiger partial charge >= 0.3 is 0 Å². The van der Waals surface area contributed by atoms with Crippen molar-refractivity contribution in [2.45, 2.75) is 26.7 Å². The molecule has 0 aliphatic rings. The molecule has 0 spiro atoms. The molecular formula is C19H25ClN4O4S. The fourth-order valence-corrected chi connectivity index (χ4v) is 3.17.